The smallest absolute Gasteiger partial charge is 0.310 e. The lowest BCUT2D eigenvalue weighted by atomic mass is 9.94. The molecule has 1 unspecified atom stereocenters. The van der Waals surface area contributed by atoms with Gasteiger partial charge in [-0.2, -0.15) is 0 Å². The second-order valence-electron chi connectivity index (χ2n) is 10.5. The number of hydrogen-bond donors (Lipinski definition) is 0. The summed E-state index contributed by atoms with van der Waals surface area (Å²) < 4.78 is 59.2. The third-order valence-corrected chi connectivity index (χ3v) is 8.67. The maximum atomic E-state index is 16.0. The molecule has 4 aromatic rings. The van der Waals surface area contributed by atoms with Gasteiger partial charge in [-0.1, -0.05) is 36.4 Å². The third kappa shape index (κ3) is 6.78. The van der Waals surface area contributed by atoms with Crippen molar-refractivity contribution in [2.75, 3.05) is 19.0 Å². The number of esters is 1. The van der Waals surface area contributed by atoms with Crippen molar-refractivity contribution in [3.05, 3.63) is 89.4 Å². The molecule has 1 aromatic heterocycles. The summed E-state index contributed by atoms with van der Waals surface area (Å²) >= 11 is 0. The highest BCUT2D eigenvalue weighted by atomic mass is 32.2. The van der Waals surface area contributed by atoms with Crippen molar-refractivity contribution in [3.8, 4) is 16.9 Å². The molecule has 4 rings (SSSR count). The first kappa shape index (κ1) is 29.5. The summed E-state index contributed by atoms with van der Waals surface area (Å²) in [6.07, 6.45) is 1.62. The molecule has 0 radical (unpaired) electrons. The van der Waals surface area contributed by atoms with Gasteiger partial charge in [-0.05, 0) is 63.1 Å². The Morgan fingerprint density at radius 2 is 1.82 bits per heavy atom. The largest absolute Gasteiger partial charge is 0.489 e. The number of carbonyl (C=O) groups excluding carboxylic acids is 1. The van der Waals surface area contributed by atoms with Gasteiger partial charge in [0.1, 0.15) is 23.8 Å². The topological polar surface area (TPSA) is 65.7 Å². The molecular weight excluding hydrogens is 534 g/mol. The molecule has 0 amide bonds. The fourth-order valence-electron chi connectivity index (χ4n) is 4.47. The van der Waals surface area contributed by atoms with E-state index in [9.17, 15) is 13.4 Å². The van der Waals surface area contributed by atoms with Gasteiger partial charge in [-0.3, -0.25) is 13.4 Å². The molecule has 1 heterocycles. The van der Waals surface area contributed by atoms with E-state index in [1.165, 1.54) is 6.26 Å². The van der Waals surface area contributed by atoms with Crippen LogP contribution in [-0.4, -0.2) is 34.0 Å². The average molecular weight is 569 g/mol. The van der Waals surface area contributed by atoms with E-state index in [1.54, 1.807) is 43.3 Å². The standard InChI is InChI=1S/C32H34F2O5S/c1-5-37-29(35)17-22-9-6-7-12-28(22)39-19-21-15-23-13-14-38-31(23)27(16-21)26-11-8-10-25(30(26)34)24(18-33)20-40(36)32(2,3)4/h6-16,24H,5,17-20H2,1-4H3/t24?,40-/m0/s1. The number of para-hydroxylation sites is 1. The van der Waals surface area contributed by atoms with Gasteiger partial charge < -0.3 is 13.9 Å². The molecule has 5 nitrogen and oxygen atoms in total. The number of fused-ring (bicyclic) bond motifs is 1. The Morgan fingerprint density at radius 1 is 1.05 bits per heavy atom. The Balaban J connectivity index is 1.66. The molecule has 0 aliphatic carbocycles. The zero-order valence-corrected chi connectivity index (χ0v) is 24.0. The summed E-state index contributed by atoms with van der Waals surface area (Å²) in [4.78, 5) is 12.0. The lowest BCUT2D eigenvalue weighted by Crippen LogP contribution is -2.27. The summed E-state index contributed by atoms with van der Waals surface area (Å²) in [5.41, 5.74) is 2.92. The van der Waals surface area contributed by atoms with E-state index in [2.05, 4.69) is 0 Å². The number of carbonyl (C=O) groups is 1. The van der Waals surface area contributed by atoms with E-state index in [0.717, 1.165) is 10.9 Å². The highest BCUT2D eigenvalue weighted by Gasteiger charge is 2.27. The van der Waals surface area contributed by atoms with Crippen molar-refractivity contribution in [1.29, 1.82) is 0 Å². The van der Waals surface area contributed by atoms with Crippen molar-refractivity contribution in [1.82, 2.24) is 0 Å². The van der Waals surface area contributed by atoms with Crippen LogP contribution in [0.15, 0.2) is 71.3 Å². The highest BCUT2D eigenvalue weighted by molar-refractivity contribution is 7.86. The monoisotopic (exact) mass is 568 g/mol. The molecule has 2 atom stereocenters. The zero-order chi connectivity index (χ0) is 28.9. The normalized spacial score (nSPS) is 13.2. The average Bonchev–Trinajstić information content (AvgIpc) is 3.39. The molecule has 0 saturated carbocycles. The number of furan rings is 1. The van der Waals surface area contributed by atoms with E-state index in [4.69, 9.17) is 13.9 Å². The van der Waals surface area contributed by atoms with Crippen molar-refractivity contribution in [3.63, 3.8) is 0 Å². The summed E-state index contributed by atoms with van der Waals surface area (Å²) in [5, 5.41) is 0.761. The van der Waals surface area contributed by atoms with Crippen LogP contribution in [0.4, 0.5) is 8.78 Å². The minimum Gasteiger partial charge on any atom is -0.489 e. The summed E-state index contributed by atoms with van der Waals surface area (Å²) in [5.74, 6) is -1.17. The molecule has 0 bridgehead atoms. The van der Waals surface area contributed by atoms with Crippen LogP contribution < -0.4 is 4.74 Å². The molecule has 0 aliphatic heterocycles. The van der Waals surface area contributed by atoms with Crippen molar-refractivity contribution >= 4 is 27.7 Å². The first-order valence-electron chi connectivity index (χ1n) is 13.2. The third-order valence-electron chi connectivity index (χ3n) is 6.60. The van der Waals surface area contributed by atoms with Gasteiger partial charge in [0.25, 0.3) is 0 Å². The number of halogens is 2. The molecular formula is C32H34F2O5S. The van der Waals surface area contributed by atoms with Crippen LogP contribution in [-0.2, 0) is 33.4 Å². The first-order valence-corrected chi connectivity index (χ1v) is 14.5. The molecule has 0 N–H and O–H groups in total. The minimum atomic E-state index is -1.35. The second-order valence-corrected chi connectivity index (χ2v) is 12.8. The van der Waals surface area contributed by atoms with Crippen LogP contribution in [0, 0.1) is 5.82 Å². The molecule has 3 aromatic carbocycles. The quantitative estimate of drug-likeness (QED) is 0.175. The zero-order valence-electron chi connectivity index (χ0n) is 23.2. The van der Waals surface area contributed by atoms with Gasteiger partial charge in [-0.25, -0.2) is 4.39 Å². The SMILES string of the molecule is CCOC(=O)Cc1ccccc1OCc1cc(-c2cccc(C(CF)C[S@](=O)C(C)(C)C)c2F)c2occc2c1. The Hall–Kier alpha value is -3.52. The molecule has 212 valence electrons. The molecule has 0 saturated heterocycles. The van der Waals surface area contributed by atoms with Crippen molar-refractivity contribution in [2.45, 2.75) is 51.4 Å². The van der Waals surface area contributed by atoms with Crippen LogP contribution in [0.1, 0.15) is 50.3 Å². The minimum absolute atomic E-state index is 0.0234. The fourth-order valence-corrected chi connectivity index (χ4v) is 5.60. The van der Waals surface area contributed by atoms with Crippen LogP contribution in [0.5, 0.6) is 5.75 Å². The van der Waals surface area contributed by atoms with E-state index >= 15 is 4.39 Å². The van der Waals surface area contributed by atoms with E-state index in [-0.39, 0.29) is 35.9 Å². The van der Waals surface area contributed by atoms with Crippen LogP contribution in [0.2, 0.25) is 0 Å². The number of rotatable bonds is 11. The molecule has 0 aliphatic rings. The van der Waals surface area contributed by atoms with Crippen LogP contribution in [0.3, 0.4) is 0 Å². The summed E-state index contributed by atoms with van der Waals surface area (Å²) in [6.45, 7) is 6.86. The molecule has 0 spiro atoms. The van der Waals surface area contributed by atoms with Crippen LogP contribution in [0.25, 0.3) is 22.1 Å². The summed E-state index contributed by atoms with van der Waals surface area (Å²) in [7, 11) is -1.35. The van der Waals surface area contributed by atoms with E-state index in [1.807, 2.05) is 45.0 Å². The first-order chi connectivity index (χ1) is 19.1. The van der Waals surface area contributed by atoms with Crippen molar-refractivity contribution < 1.29 is 31.7 Å². The van der Waals surface area contributed by atoms with Gasteiger partial charge >= 0.3 is 5.97 Å². The number of hydrogen-bond acceptors (Lipinski definition) is 5. The Kier molecular flexibility index (Phi) is 9.40. The fraction of sp³-hybridized carbons (Fsp3) is 0.344. The lowest BCUT2D eigenvalue weighted by Gasteiger charge is -2.22. The maximum absolute atomic E-state index is 16.0. The van der Waals surface area contributed by atoms with Gasteiger partial charge in [-0.15, -0.1) is 0 Å². The predicted molar refractivity (Wildman–Crippen MR) is 154 cm³/mol. The lowest BCUT2D eigenvalue weighted by molar-refractivity contribution is -0.142. The maximum Gasteiger partial charge on any atom is 0.310 e. The number of ether oxygens (including phenoxy) is 2. The predicted octanol–water partition coefficient (Wildman–Crippen LogP) is 7.52. The second kappa shape index (κ2) is 12.8. The Labute approximate surface area is 235 Å². The van der Waals surface area contributed by atoms with E-state index in [0.29, 0.717) is 29.1 Å². The Bertz CT molecular complexity index is 1500. The van der Waals surface area contributed by atoms with E-state index < -0.39 is 34.0 Å². The van der Waals surface area contributed by atoms with Crippen molar-refractivity contribution in [2.24, 2.45) is 0 Å². The van der Waals surface area contributed by atoms with Crippen LogP contribution >= 0.6 is 0 Å². The van der Waals surface area contributed by atoms with Gasteiger partial charge in [0.2, 0.25) is 0 Å². The van der Waals surface area contributed by atoms with Gasteiger partial charge in [0.15, 0.2) is 0 Å². The highest BCUT2D eigenvalue weighted by Crippen LogP contribution is 2.36. The van der Waals surface area contributed by atoms with Gasteiger partial charge in [0, 0.05) is 49.3 Å². The Morgan fingerprint density at radius 3 is 2.55 bits per heavy atom. The molecule has 8 heteroatoms. The molecule has 0 fully saturated rings. The number of alkyl halides is 1. The number of benzene rings is 3. The molecule has 40 heavy (non-hydrogen) atoms. The van der Waals surface area contributed by atoms with Gasteiger partial charge in [0.05, 0.1) is 26.0 Å². The summed E-state index contributed by atoms with van der Waals surface area (Å²) in [6, 6.07) is 17.6.